The molecule has 3 rings (SSSR count). The first kappa shape index (κ1) is 20.3. The molecular weight excluding hydrogens is 366 g/mol. The smallest absolute Gasteiger partial charge is 0.303 e. The highest BCUT2D eigenvalue weighted by Crippen LogP contribution is 2.21. The summed E-state index contributed by atoms with van der Waals surface area (Å²) in [6, 6.07) is 13.1. The molecule has 29 heavy (non-hydrogen) atoms. The number of carbonyl (C=O) groups excluding carboxylic acids is 1. The zero-order valence-corrected chi connectivity index (χ0v) is 17.1. The average Bonchev–Trinajstić information content (AvgIpc) is 2.97. The lowest BCUT2D eigenvalue weighted by Gasteiger charge is -2.11. The van der Waals surface area contributed by atoms with Crippen LogP contribution in [0.2, 0.25) is 0 Å². The number of anilines is 1. The van der Waals surface area contributed by atoms with Crippen molar-refractivity contribution in [2.45, 2.75) is 40.5 Å². The van der Waals surface area contributed by atoms with E-state index >= 15 is 0 Å². The van der Waals surface area contributed by atoms with Gasteiger partial charge in [0.1, 0.15) is 0 Å². The van der Waals surface area contributed by atoms with E-state index in [0.29, 0.717) is 12.0 Å². The second kappa shape index (κ2) is 8.31. The van der Waals surface area contributed by atoms with Crippen LogP contribution in [0.4, 0.5) is 5.69 Å². The van der Waals surface area contributed by atoms with Gasteiger partial charge in [-0.15, -0.1) is 0 Å². The van der Waals surface area contributed by atoms with Crippen LogP contribution in [0.5, 0.6) is 0 Å². The molecule has 0 unspecified atom stereocenters. The Morgan fingerprint density at radius 3 is 2.38 bits per heavy atom. The van der Waals surface area contributed by atoms with Crippen molar-refractivity contribution in [3.63, 3.8) is 0 Å². The summed E-state index contributed by atoms with van der Waals surface area (Å²) in [6.45, 7) is 7.81. The topological polar surface area (TPSA) is 84.2 Å². The lowest BCUT2D eigenvalue weighted by Crippen LogP contribution is -2.13. The maximum absolute atomic E-state index is 12.6. The highest BCUT2D eigenvalue weighted by atomic mass is 16.4. The molecule has 2 N–H and O–H groups in total. The third kappa shape index (κ3) is 4.37. The van der Waals surface area contributed by atoms with E-state index in [1.54, 1.807) is 16.8 Å². The van der Waals surface area contributed by atoms with Gasteiger partial charge in [0, 0.05) is 23.4 Å². The number of hydrogen-bond donors (Lipinski definition) is 2. The van der Waals surface area contributed by atoms with Gasteiger partial charge in [-0.05, 0) is 81.1 Å². The molecule has 6 nitrogen and oxygen atoms in total. The predicted molar refractivity (Wildman–Crippen MR) is 113 cm³/mol. The molecule has 0 saturated heterocycles. The second-order valence-corrected chi connectivity index (χ2v) is 7.20. The number of benzene rings is 2. The Morgan fingerprint density at radius 2 is 1.72 bits per heavy atom. The first-order valence-electron chi connectivity index (χ1n) is 9.53. The van der Waals surface area contributed by atoms with Gasteiger partial charge in [0.25, 0.3) is 5.91 Å². The van der Waals surface area contributed by atoms with E-state index in [0.717, 1.165) is 39.5 Å². The largest absolute Gasteiger partial charge is 0.481 e. The number of aromatic nitrogens is 2. The number of aryl methyl sites for hydroxylation is 2. The van der Waals surface area contributed by atoms with Crippen molar-refractivity contribution in [3.8, 4) is 5.69 Å². The maximum Gasteiger partial charge on any atom is 0.303 e. The molecule has 0 bridgehead atoms. The van der Waals surface area contributed by atoms with Crippen LogP contribution in [-0.4, -0.2) is 26.8 Å². The lowest BCUT2D eigenvalue weighted by molar-refractivity contribution is -0.136. The van der Waals surface area contributed by atoms with Crippen molar-refractivity contribution in [2.24, 2.45) is 0 Å². The van der Waals surface area contributed by atoms with Gasteiger partial charge in [0.05, 0.1) is 11.4 Å². The van der Waals surface area contributed by atoms with Crippen LogP contribution >= 0.6 is 0 Å². The first-order valence-corrected chi connectivity index (χ1v) is 9.53. The Bertz CT molecular complexity index is 1070. The van der Waals surface area contributed by atoms with Gasteiger partial charge in [-0.2, -0.15) is 5.10 Å². The molecule has 1 heterocycles. The van der Waals surface area contributed by atoms with E-state index < -0.39 is 5.97 Å². The number of carboxylic acid groups (broad SMARTS) is 1. The van der Waals surface area contributed by atoms with Crippen molar-refractivity contribution in [1.29, 1.82) is 0 Å². The van der Waals surface area contributed by atoms with Gasteiger partial charge < -0.3 is 10.4 Å². The Hall–Kier alpha value is -3.41. The molecule has 2 aromatic carbocycles. The summed E-state index contributed by atoms with van der Waals surface area (Å²) in [5.41, 5.74) is 7.05. The van der Waals surface area contributed by atoms with Gasteiger partial charge in [0.2, 0.25) is 0 Å². The van der Waals surface area contributed by atoms with Crippen LogP contribution in [-0.2, 0) is 11.2 Å². The Morgan fingerprint density at radius 1 is 1.03 bits per heavy atom. The first-order chi connectivity index (χ1) is 13.8. The molecular formula is C23H25N3O3. The van der Waals surface area contributed by atoms with Gasteiger partial charge in [-0.25, -0.2) is 4.68 Å². The standard InChI is InChI=1S/C23H25N3O3/c1-14-6-5-7-21(15(14)2)24-23(29)18-8-10-19(11-9-18)26-17(4)20(16(3)25-26)12-13-22(27)28/h5-11H,12-13H2,1-4H3,(H,24,29)(H,27,28). The van der Waals surface area contributed by atoms with E-state index in [-0.39, 0.29) is 12.3 Å². The fraction of sp³-hybridized carbons (Fsp3) is 0.261. The van der Waals surface area contributed by atoms with Crippen molar-refractivity contribution in [1.82, 2.24) is 9.78 Å². The quantitative estimate of drug-likeness (QED) is 0.653. The Kier molecular flexibility index (Phi) is 5.82. The van der Waals surface area contributed by atoms with E-state index in [1.807, 2.05) is 58.0 Å². The van der Waals surface area contributed by atoms with Crippen molar-refractivity contribution < 1.29 is 14.7 Å². The fourth-order valence-corrected chi connectivity index (χ4v) is 3.36. The number of amides is 1. The number of nitrogens with zero attached hydrogens (tertiary/aromatic N) is 2. The minimum Gasteiger partial charge on any atom is -0.481 e. The molecule has 3 aromatic rings. The third-order valence-electron chi connectivity index (χ3n) is 5.26. The maximum atomic E-state index is 12.6. The van der Waals surface area contributed by atoms with Crippen LogP contribution in [0.3, 0.4) is 0 Å². The number of hydrogen-bond acceptors (Lipinski definition) is 3. The molecule has 0 radical (unpaired) electrons. The number of rotatable bonds is 6. The van der Waals surface area contributed by atoms with Crippen molar-refractivity contribution in [3.05, 3.63) is 76.1 Å². The van der Waals surface area contributed by atoms with E-state index in [9.17, 15) is 9.59 Å². The number of carbonyl (C=O) groups is 2. The number of aliphatic carboxylic acids is 1. The summed E-state index contributed by atoms with van der Waals surface area (Å²) in [7, 11) is 0. The zero-order chi connectivity index (χ0) is 21.1. The summed E-state index contributed by atoms with van der Waals surface area (Å²) in [5.74, 6) is -0.989. The summed E-state index contributed by atoms with van der Waals surface area (Å²) in [6.07, 6.45) is 0.522. The van der Waals surface area contributed by atoms with E-state index in [2.05, 4.69) is 10.4 Å². The normalized spacial score (nSPS) is 10.8. The van der Waals surface area contributed by atoms with E-state index in [4.69, 9.17) is 5.11 Å². The molecule has 150 valence electrons. The molecule has 0 aliphatic heterocycles. The predicted octanol–water partition coefficient (Wildman–Crippen LogP) is 4.38. The highest BCUT2D eigenvalue weighted by molar-refractivity contribution is 6.04. The van der Waals surface area contributed by atoms with Crippen LogP contribution in [0.15, 0.2) is 42.5 Å². The monoisotopic (exact) mass is 391 g/mol. The van der Waals surface area contributed by atoms with Crippen molar-refractivity contribution >= 4 is 17.6 Å². The second-order valence-electron chi connectivity index (χ2n) is 7.20. The molecule has 0 aliphatic rings. The van der Waals surface area contributed by atoms with Gasteiger partial charge in [-0.1, -0.05) is 12.1 Å². The Balaban J connectivity index is 1.80. The molecule has 0 atom stereocenters. The minimum atomic E-state index is -0.823. The third-order valence-corrected chi connectivity index (χ3v) is 5.26. The zero-order valence-electron chi connectivity index (χ0n) is 17.1. The Labute approximate surface area is 170 Å². The van der Waals surface area contributed by atoms with Crippen LogP contribution in [0.1, 0.15) is 44.9 Å². The SMILES string of the molecule is Cc1cccc(NC(=O)c2ccc(-n3nc(C)c(CCC(=O)O)c3C)cc2)c1C. The molecule has 0 saturated carbocycles. The molecule has 0 aliphatic carbocycles. The van der Waals surface area contributed by atoms with Crippen LogP contribution in [0, 0.1) is 27.7 Å². The summed E-state index contributed by atoms with van der Waals surface area (Å²) >= 11 is 0. The molecule has 0 fully saturated rings. The summed E-state index contributed by atoms with van der Waals surface area (Å²) < 4.78 is 1.79. The number of nitrogens with one attached hydrogen (secondary N) is 1. The highest BCUT2D eigenvalue weighted by Gasteiger charge is 2.15. The van der Waals surface area contributed by atoms with Gasteiger partial charge >= 0.3 is 5.97 Å². The number of carboxylic acids is 1. The molecule has 1 amide bonds. The molecule has 0 spiro atoms. The summed E-state index contributed by atoms with van der Waals surface area (Å²) in [4.78, 5) is 23.5. The average molecular weight is 391 g/mol. The van der Waals surface area contributed by atoms with Gasteiger partial charge in [-0.3, -0.25) is 9.59 Å². The van der Waals surface area contributed by atoms with Gasteiger partial charge in [0.15, 0.2) is 0 Å². The van der Waals surface area contributed by atoms with Crippen molar-refractivity contribution in [2.75, 3.05) is 5.32 Å². The van der Waals surface area contributed by atoms with E-state index in [1.165, 1.54) is 0 Å². The van der Waals surface area contributed by atoms with Crippen LogP contribution in [0.25, 0.3) is 5.69 Å². The van der Waals surface area contributed by atoms with Crippen LogP contribution < -0.4 is 5.32 Å². The lowest BCUT2D eigenvalue weighted by atomic mass is 10.1. The minimum absolute atomic E-state index is 0.0743. The summed E-state index contributed by atoms with van der Waals surface area (Å²) in [5, 5.41) is 16.4. The molecule has 6 heteroatoms. The fourth-order valence-electron chi connectivity index (χ4n) is 3.36. The molecule has 1 aromatic heterocycles.